The first-order valence-corrected chi connectivity index (χ1v) is 8.17. The van der Waals surface area contributed by atoms with Gasteiger partial charge in [0, 0.05) is 42.1 Å². The van der Waals surface area contributed by atoms with Crippen LogP contribution >= 0.6 is 11.3 Å². The van der Waals surface area contributed by atoms with Crippen molar-refractivity contribution >= 4 is 22.9 Å². The number of nitrogens with one attached hydrogen (secondary N) is 1. The molecule has 0 saturated heterocycles. The summed E-state index contributed by atoms with van der Waals surface area (Å²) in [7, 11) is 0. The average molecular weight is 346 g/mol. The molecule has 124 valence electrons. The van der Waals surface area contributed by atoms with Crippen LogP contribution in [0.5, 0.6) is 0 Å². The highest BCUT2D eigenvalue weighted by Crippen LogP contribution is 2.17. The second kappa shape index (κ2) is 6.79. The number of anilines is 1. The molecule has 6 nitrogen and oxygen atoms in total. The lowest BCUT2D eigenvalue weighted by Crippen LogP contribution is -2.20. The van der Waals surface area contributed by atoms with E-state index in [9.17, 15) is 14.0 Å². The molecule has 0 aliphatic heterocycles. The summed E-state index contributed by atoms with van der Waals surface area (Å²) in [5.74, 6) is -0.764. The minimum Gasteiger partial charge on any atom is -0.326 e. The molecule has 0 atom stereocenters. The summed E-state index contributed by atoms with van der Waals surface area (Å²) in [6, 6.07) is 6.10. The molecule has 0 bridgehead atoms. The molecule has 0 aliphatic carbocycles. The van der Waals surface area contributed by atoms with Crippen LogP contribution in [0, 0.1) is 12.7 Å². The third-order valence-corrected chi connectivity index (χ3v) is 4.40. The molecule has 1 N–H and O–H groups in total. The number of thiazole rings is 1. The van der Waals surface area contributed by atoms with Crippen LogP contribution in [0.3, 0.4) is 0 Å². The first-order chi connectivity index (χ1) is 11.5. The summed E-state index contributed by atoms with van der Waals surface area (Å²) in [6.45, 7) is 2.12. The second-order valence-electron chi connectivity index (χ2n) is 5.21. The van der Waals surface area contributed by atoms with Crippen molar-refractivity contribution < 1.29 is 9.18 Å². The predicted octanol–water partition coefficient (Wildman–Crippen LogP) is 2.57. The monoisotopic (exact) mass is 346 g/mol. The van der Waals surface area contributed by atoms with Gasteiger partial charge in [-0.3, -0.25) is 9.59 Å². The van der Waals surface area contributed by atoms with Crippen molar-refractivity contribution in [3.05, 3.63) is 63.2 Å². The van der Waals surface area contributed by atoms with Gasteiger partial charge in [0.25, 0.3) is 0 Å². The van der Waals surface area contributed by atoms with Gasteiger partial charge in [-0.2, -0.15) is 5.10 Å². The van der Waals surface area contributed by atoms with E-state index in [1.54, 1.807) is 40.5 Å². The zero-order chi connectivity index (χ0) is 17.1. The number of hydrogen-bond donors (Lipinski definition) is 1. The molecule has 0 saturated carbocycles. The third kappa shape index (κ3) is 3.43. The van der Waals surface area contributed by atoms with Crippen LogP contribution in [0.15, 0.2) is 46.8 Å². The highest BCUT2D eigenvalue weighted by Gasteiger charge is 2.10. The van der Waals surface area contributed by atoms with E-state index in [-0.39, 0.29) is 17.2 Å². The van der Waals surface area contributed by atoms with Gasteiger partial charge in [-0.1, -0.05) is 11.3 Å². The summed E-state index contributed by atoms with van der Waals surface area (Å²) in [5, 5.41) is 8.36. The van der Waals surface area contributed by atoms with E-state index in [4.69, 9.17) is 0 Å². The zero-order valence-electron chi connectivity index (χ0n) is 12.9. The van der Waals surface area contributed by atoms with Gasteiger partial charge in [-0.15, -0.1) is 0 Å². The van der Waals surface area contributed by atoms with Crippen LogP contribution in [0.4, 0.5) is 10.1 Å². The van der Waals surface area contributed by atoms with E-state index in [0.717, 1.165) is 17.0 Å². The Morgan fingerprint density at radius 2 is 2.25 bits per heavy atom. The normalized spacial score (nSPS) is 10.8. The van der Waals surface area contributed by atoms with Crippen LogP contribution in [-0.4, -0.2) is 20.3 Å². The number of nitrogens with zero attached hydrogens (tertiary/aromatic N) is 3. The Bertz CT molecular complexity index is 915. The second-order valence-corrected chi connectivity index (χ2v) is 6.03. The van der Waals surface area contributed by atoms with Crippen molar-refractivity contribution in [2.24, 2.45) is 0 Å². The smallest absolute Gasteiger partial charge is 0.307 e. The number of halogens is 1. The topological polar surface area (TPSA) is 68.9 Å². The SMILES string of the molecule is Cc1csc(=O)n1CCC(=O)Nc1ccc(-n2cccn2)c(F)c1. The first kappa shape index (κ1) is 16.1. The molecule has 24 heavy (non-hydrogen) atoms. The molecule has 0 aliphatic rings. The van der Waals surface area contributed by atoms with Crippen molar-refractivity contribution in [1.29, 1.82) is 0 Å². The Morgan fingerprint density at radius 3 is 2.88 bits per heavy atom. The van der Waals surface area contributed by atoms with Crippen LogP contribution in [-0.2, 0) is 11.3 Å². The number of carbonyl (C=O) groups is 1. The maximum absolute atomic E-state index is 14.1. The van der Waals surface area contributed by atoms with E-state index in [2.05, 4.69) is 10.4 Å². The van der Waals surface area contributed by atoms with Gasteiger partial charge in [-0.25, -0.2) is 9.07 Å². The van der Waals surface area contributed by atoms with E-state index < -0.39 is 5.82 Å². The molecule has 1 aromatic carbocycles. The Balaban J connectivity index is 1.64. The van der Waals surface area contributed by atoms with Crippen molar-refractivity contribution in [3.8, 4) is 5.69 Å². The molecule has 3 rings (SSSR count). The maximum Gasteiger partial charge on any atom is 0.307 e. The van der Waals surface area contributed by atoms with Gasteiger partial charge in [-0.05, 0) is 31.2 Å². The Labute approximate surface area is 141 Å². The van der Waals surface area contributed by atoms with Gasteiger partial charge in [0.1, 0.15) is 5.69 Å². The first-order valence-electron chi connectivity index (χ1n) is 7.29. The Hall–Kier alpha value is -2.74. The third-order valence-electron chi connectivity index (χ3n) is 3.52. The Kier molecular flexibility index (Phi) is 4.57. The number of aromatic nitrogens is 3. The van der Waals surface area contributed by atoms with Crippen molar-refractivity contribution in [3.63, 3.8) is 0 Å². The number of benzene rings is 1. The Morgan fingerprint density at radius 1 is 1.42 bits per heavy atom. The molecule has 1 amide bonds. The molecular formula is C16H15FN4O2S. The number of carbonyl (C=O) groups excluding carboxylic acids is 1. The molecule has 0 radical (unpaired) electrons. The largest absolute Gasteiger partial charge is 0.326 e. The molecule has 0 fully saturated rings. The predicted molar refractivity (Wildman–Crippen MR) is 90.1 cm³/mol. The highest BCUT2D eigenvalue weighted by molar-refractivity contribution is 7.07. The zero-order valence-corrected chi connectivity index (χ0v) is 13.7. The molecule has 2 aromatic heterocycles. The van der Waals surface area contributed by atoms with Crippen LogP contribution in [0.25, 0.3) is 5.69 Å². The highest BCUT2D eigenvalue weighted by atomic mass is 32.1. The molecule has 8 heteroatoms. The van der Waals surface area contributed by atoms with Gasteiger partial charge < -0.3 is 9.88 Å². The lowest BCUT2D eigenvalue weighted by molar-refractivity contribution is -0.116. The molecule has 0 unspecified atom stereocenters. The molecular weight excluding hydrogens is 331 g/mol. The van der Waals surface area contributed by atoms with E-state index in [1.807, 2.05) is 6.92 Å². The lowest BCUT2D eigenvalue weighted by atomic mass is 10.2. The van der Waals surface area contributed by atoms with Gasteiger partial charge in [0.05, 0.1) is 0 Å². The van der Waals surface area contributed by atoms with E-state index >= 15 is 0 Å². The van der Waals surface area contributed by atoms with Crippen molar-refractivity contribution in [1.82, 2.24) is 14.3 Å². The molecule has 0 spiro atoms. The van der Waals surface area contributed by atoms with Gasteiger partial charge in [0.15, 0.2) is 5.82 Å². The fourth-order valence-electron chi connectivity index (χ4n) is 2.29. The lowest BCUT2D eigenvalue weighted by Gasteiger charge is -2.09. The number of rotatable bonds is 5. The van der Waals surface area contributed by atoms with E-state index in [0.29, 0.717) is 17.9 Å². The summed E-state index contributed by atoms with van der Waals surface area (Å²) in [5.41, 5.74) is 1.49. The fourth-order valence-corrected chi connectivity index (χ4v) is 3.05. The minimum atomic E-state index is -0.485. The van der Waals surface area contributed by atoms with Crippen molar-refractivity contribution in [2.75, 3.05) is 5.32 Å². The minimum absolute atomic E-state index is 0.0880. The summed E-state index contributed by atoms with van der Waals surface area (Å²) < 4.78 is 17.1. The van der Waals surface area contributed by atoms with Crippen molar-refractivity contribution in [2.45, 2.75) is 19.9 Å². The van der Waals surface area contributed by atoms with Gasteiger partial charge >= 0.3 is 4.87 Å². The summed E-state index contributed by atoms with van der Waals surface area (Å²) in [6.07, 6.45) is 3.33. The summed E-state index contributed by atoms with van der Waals surface area (Å²) >= 11 is 1.11. The number of amides is 1. The standard InChI is InChI=1S/C16H15FN4O2S/c1-11-10-24-16(23)20(11)8-5-15(22)19-12-3-4-14(13(17)9-12)21-7-2-6-18-21/h2-4,6-7,9-10H,5,8H2,1H3,(H,19,22). The summed E-state index contributed by atoms with van der Waals surface area (Å²) in [4.78, 5) is 23.5. The molecule has 3 aromatic rings. The maximum atomic E-state index is 14.1. The quantitative estimate of drug-likeness (QED) is 0.772. The number of hydrogen-bond acceptors (Lipinski definition) is 4. The van der Waals surface area contributed by atoms with Gasteiger partial charge in [0.2, 0.25) is 5.91 Å². The van der Waals surface area contributed by atoms with Crippen LogP contribution in [0.2, 0.25) is 0 Å². The number of aryl methyl sites for hydroxylation is 1. The fraction of sp³-hybridized carbons (Fsp3) is 0.188. The van der Waals surface area contributed by atoms with Crippen LogP contribution < -0.4 is 10.2 Å². The average Bonchev–Trinajstić information content (AvgIpc) is 3.17. The van der Waals surface area contributed by atoms with Crippen LogP contribution in [0.1, 0.15) is 12.1 Å². The van der Waals surface area contributed by atoms with E-state index in [1.165, 1.54) is 10.7 Å². The molecule has 2 heterocycles.